The van der Waals surface area contributed by atoms with Crippen LogP contribution in [0.4, 0.5) is 0 Å². The number of aliphatic hydroxyl groups excluding tert-OH is 1. The summed E-state index contributed by atoms with van der Waals surface area (Å²) in [5.74, 6) is 0.0588. The third kappa shape index (κ3) is 2.87. The fraction of sp³-hybridized carbons (Fsp3) is 1.00. The summed E-state index contributed by atoms with van der Waals surface area (Å²) in [7, 11) is -3.04. The first-order valence-corrected chi connectivity index (χ1v) is 8.65. The van der Waals surface area contributed by atoms with Crippen molar-refractivity contribution in [2.24, 2.45) is 0 Å². The second-order valence-electron chi connectivity index (χ2n) is 5.37. The quantitative estimate of drug-likeness (QED) is 0.754. The van der Waals surface area contributed by atoms with E-state index in [4.69, 9.17) is 0 Å². The van der Waals surface area contributed by atoms with Crippen molar-refractivity contribution in [2.75, 3.05) is 37.7 Å². The lowest BCUT2D eigenvalue weighted by Crippen LogP contribution is -2.44. The molecule has 3 unspecified atom stereocenters. The Morgan fingerprint density at radius 3 is 2.44 bits per heavy atom. The van der Waals surface area contributed by atoms with E-state index in [9.17, 15) is 13.5 Å². The van der Waals surface area contributed by atoms with Crippen LogP contribution in [0.2, 0.25) is 0 Å². The first-order chi connectivity index (χ1) is 8.46. The zero-order valence-electron chi connectivity index (χ0n) is 11.2. The van der Waals surface area contributed by atoms with Gasteiger partial charge in [0.2, 0.25) is 0 Å². The largest absolute Gasteiger partial charge is 0.390 e. The summed E-state index contributed by atoms with van der Waals surface area (Å²) < 4.78 is 23.1. The van der Waals surface area contributed by atoms with Gasteiger partial charge in [-0.2, -0.15) is 0 Å². The number of hydrogen-bond acceptors (Lipinski definition) is 5. The second-order valence-corrected chi connectivity index (χ2v) is 7.52. The zero-order valence-corrected chi connectivity index (χ0v) is 12.1. The van der Waals surface area contributed by atoms with Crippen LogP contribution in [-0.4, -0.2) is 79.2 Å². The lowest BCUT2D eigenvalue weighted by Gasteiger charge is -2.29. The van der Waals surface area contributed by atoms with Crippen molar-refractivity contribution < 1.29 is 13.5 Å². The van der Waals surface area contributed by atoms with Crippen molar-refractivity contribution in [1.29, 1.82) is 0 Å². The number of rotatable bonds is 4. The maximum absolute atomic E-state index is 11.5. The average molecular weight is 276 g/mol. The summed E-state index contributed by atoms with van der Waals surface area (Å²) in [6, 6.07) is 0.325. The molecule has 0 bridgehead atoms. The molecule has 0 spiro atoms. The molecule has 18 heavy (non-hydrogen) atoms. The fourth-order valence-electron chi connectivity index (χ4n) is 3.27. The first kappa shape index (κ1) is 14.2. The molecule has 6 heteroatoms. The summed E-state index contributed by atoms with van der Waals surface area (Å²) in [5, 5.41) is 9.89. The summed E-state index contributed by atoms with van der Waals surface area (Å²) in [6.07, 6.45) is 0.371. The lowest BCUT2D eigenvalue weighted by atomic mass is 10.2. The number of hydrogen-bond donors (Lipinski definition) is 1. The van der Waals surface area contributed by atoms with Gasteiger partial charge in [-0.05, 0) is 19.5 Å². The molecule has 3 atom stereocenters. The van der Waals surface area contributed by atoms with Crippen LogP contribution in [0.25, 0.3) is 0 Å². The first-order valence-electron chi connectivity index (χ1n) is 6.83. The van der Waals surface area contributed by atoms with E-state index < -0.39 is 15.9 Å². The lowest BCUT2D eigenvalue weighted by molar-refractivity contribution is 0.0919. The molecule has 2 saturated heterocycles. The van der Waals surface area contributed by atoms with Crippen LogP contribution in [0.5, 0.6) is 0 Å². The highest BCUT2D eigenvalue weighted by molar-refractivity contribution is 7.91. The predicted octanol–water partition coefficient (Wildman–Crippen LogP) is -0.440. The van der Waals surface area contributed by atoms with Gasteiger partial charge in [-0.25, -0.2) is 8.42 Å². The van der Waals surface area contributed by atoms with E-state index in [2.05, 4.69) is 23.6 Å². The van der Waals surface area contributed by atoms with Gasteiger partial charge in [-0.15, -0.1) is 0 Å². The number of likely N-dealkylation sites (tertiary alicyclic amines) is 1. The average Bonchev–Trinajstić information content (AvgIpc) is 2.85. The van der Waals surface area contributed by atoms with E-state index in [1.165, 1.54) is 0 Å². The summed E-state index contributed by atoms with van der Waals surface area (Å²) in [5.41, 5.74) is 0. The minimum absolute atomic E-state index is 0.0654. The standard InChI is InChI=1S/C12H24N2O3S/c1-3-13(4-2)10-5-6-14(7-10)11-8-18(16,17)9-12(11)15/h10-12,15H,3-9H2,1-2H3. The molecular weight excluding hydrogens is 252 g/mol. The molecule has 0 amide bonds. The molecule has 106 valence electrons. The van der Waals surface area contributed by atoms with E-state index in [1.54, 1.807) is 0 Å². The van der Waals surface area contributed by atoms with E-state index in [0.29, 0.717) is 6.04 Å². The smallest absolute Gasteiger partial charge is 0.154 e. The van der Waals surface area contributed by atoms with Gasteiger partial charge in [-0.3, -0.25) is 9.80 Å². The van der Waals surface area contributed by atoms with Crippen LogP contribution in [0.15, 0.2) is 0 Å². The van der Waals surface area contributed by atoms with Gasteiger partial charge in [0, 0.05) is 19.1 Å². The molecule has 0 saturated carbocycles. The van der Waals surface area contributed by atoms with Crippen LogP contribution >= 0.6 is 0 Å². The van der Waals surface area contributed by atoms with Gasteiger partial charge in [0.1, 0.15) is 0 Å². The molecule has 2 aliphatic rings. The molecule has 2 rings (SSSR count). The topological polar surface area (TPSA) is 60.9 Å². The van der Waals surface area contributed by atoms with Gasteiger partial charge in [-0.1, -0.05) is 13.8 Å². The Balaban J connectivity index is 1.97. The van der Waals surface area contributed by atoms with Gasteiger partial charge in [0.15, 0.2) is 9.84 Å². The highest BCUT2D eigenvalue weighted by atomic mass is 32.2. The Hall–Kier alpha value is -0.170. The molecule has 2 fully saturated rings. The fourth-order valence-corrected chi connectivity index (χ4v) is 5.10. The number of sulfone groups is 1. The Morgan fingerprint density at radius 2 is 1.94 bits per heavy atom. The number of aliphatic hydroxyl groups is 1. The molecule has 5 nitrogen and oxygen atoms in total. The minimum Gasteiger partial charge on any atom is -0.390 e. The Morgan fingerprint density at radius 1 is 1.28 bits per heavy atom. The van der Waals surface area contributed by atoms with Crippen molar-refractivity contribution in [1.82, 2.24) is 9.80 Å². The third-order valence-electron chi connectivity index (χ3n) is 4.29. The van der Waals surface area contributed by atoms with E-state index >= 15 is 0 Å². The van der Waals surface area contributed by atoms with Crippen molar-refractivity contribution in [3.05, 3.63) is 0 Å². The maximum atomic E-state index is 11.5. The van der Waals surface area contributed by atoms with Gasteiger partial charge >= 0.3 is 0 Å². The summed E-state index contributed by atoms with van der Waals surface area (Å²) >= 11 is 0. The van der Waals surface area contributed by atoms with Crippen LogP contribution < -0.4 is 0 Å². The Bertz CT molecular complexity index is 381. The van der Waals surface area contributed by atoms with Crippen molar-refractivity contribution >= 4 is 9.84 Å². The molecule has 0 aliphatic carbocycles. The van der Waals surface area contributed by atoms with Gasteiger partial charge in [0.25, 0.3) is 0 Å². The minimum atomic E-state index is -3.04. The SMILES string of the molecule is CCN(CC)C1CCN(C2CS(=O)(=O)CC2O)C1. The van der Waals surface area contributed by atoms with Crippen molar-refractivity contribution in [3.63, 3.8) is 0 Å². The van der Waals surface area contributed by atoms with E-state index in [-0.39, 0.29) is 17.5 Å². The molecular formula is C12H24N2O3S. The summed E-state index contributed by atoms with van der Waals surface area (Å²) in [4.78, 5) is 4.58. The summed E-state index contributed by atoms with van der Waals surface area (Å²) in [6.45, 7) is 8.15. The normalized spacial score (nSPS) is 36.6. The Labute approximate surface area is 110 Å². The third-order valence-corrected chi connectivity index (χ3v) is 5.98. The van der Waals surface area contributed by atoms with Crippen LogP contribution in [0, 0.1) is 0 Å². The van der Waals surface area contributed by atoms with Crippen molar-refractivity contribution in [2.45, 2.75) is 38.5 Å². The monoisotopic (exact) mass is 276 g/mol. The number of nitrogens with zero attached hydrogens (tertiary/aromatic N) is 2. The molecule has 1 N–H and O–H groups in total. The molecule has 0 aromatic rings. The molecule has 0 radical (unpaired) electrons. The Kier molecular flexibility index (Phi) is 4.31. The highest BCUT2D eigenvalue weighted by Gasteiger charge is 2.42. The second kappa shape index (κ2) is 5.45. The van der Waals surface area contributed by atoms with Crippen molar-refractivity contribution in [3.8, 4) is 0 Å². The van der Waals surface area contributed by atoms with E-state index in [1.807, 2.05) is 0 Å². The number of likely N-dealkylation sites (N-methyl/N-ethyl adjacent to an activating group) is 1. The predicted molar refractivity (Wildman–Crippen MR) is 71.3 cm³/mol. The van der Waals surface area contributed by atoms with Crippen LogP contribution in [0.3, 0.4) is 0 Å². The maximum Gasteiger partial charge on any atom is 0.154 e. The molecule has 2 heterocycles. The van der Waals surface area contributed by atoms with E-state index in [0.717, 1.165) is 32.6 Å². The van der Waals surface area contributed by atoms with Crippen LogP contribution in [0.1, 0.15) is 20.3 Å². The van der Waals surface area contributed by atoms with Gasteiger partial charge < -0.3 is 5.11 Å². The van der Waals surface area contributed by atoms with Crippen LogP contribution in [-0.2, 0) is 9.84 Å². The highest BCUT2D eigenvalue weighted by Crippen LogP contribution is 2.24. The molecule has 0 aromatic heterocycles. The zero-order chi connectivity index (χ0) is 13.3. The molecule has 0 aromatic carbocycles. The molecule has 2 aliphatic heterocycles. The van der Waals surface area contributed by atoms with Gasteiger partial charge in [0.05, 0.1) is 23.7 Å².